The lowest BCUT2D eigenvalue weighted by Gasteiger charge is -2.14. The zero-order valence-electron chi connectivity index (χ0n) is 13.2. The number of amides is 2. The Labute approximate surface area is 162 Å². The van der Waals surface area contributed by atoms with Gasteiger partial charge in [-0.1, -0.05) is 12.1 Å². The Hall–Kier alpha value is -2.20. The van der Waals surface area contributed by atoms with E-state index in [2.05, 4.69) is 32.9 Å². The number of furan rings is 1. The minimum atomic E-state index is -0.348. The number of thiazole rings is 1. The summed E-state index contributed by atoms with van der Waals surface area (Å²) in [6.45, 7) is -0.0853. The highest BCUT2D eigenvalue weighted by Gasteiger charge is 2.17. The van der Waals surface area contributed by atoms with Gasteiger partial charge in [0.2, 0.25) is 5.91 Å². The van der Waals surface area contributed by atoms with Crippen molar-refractivity contribution < 1.29 is 14.0 Å². The standard InChI is InChI=1S/C17H14IN3O3S/c1-21(16(23)14-3-2-8-24-14)9-15(22)20-17-19-13(10-25-17)11-4-6-12(18)7-5-11/h2-8,10H,9H2,1H3,(H,19,20,22). The number of carbonyl (C=O) groups excluding carboxylic acids is 2. The van der Waals surface area contributed by atoms with Crippen LogP contribution < -0.4 is 5.32 Å². The molecule has 0 aliphatic heterocycles. The van der Waals surface area contributed by atoms with Crippen LogP contribution in [0, 0.1) is 3.57 Å². The van der Waals surface area contributed by atoms with Crippen LogP contribution in [0.15, 0.2) is 52.5 Å². The maximum Gasteiger partial charge on any atom is 0.289 e. The monoisotopic (exact) mass is 467 g/mol. The van der Waals surface area contributed by atoms with Crippen molar-refractivity contribution >= 4 is 50.9 Å². The largest absolute Gasteiger partial charge is 0.459 e. The number of nitrogens with zero attached hydrogens (tertiary/aromatic N) is 2. The molecular weight excluding hydrogens is 453 g/mol. The lowest BCUT2D eigenvalue weighted by atomic mass is 10.2. The molecule has 2 amide bonds. The molecule has 25 heavy (non-hydrogen) atoms. The first-order valence-electron chi connectivity index (χ1n) is 7.33. The molecule has 1 N–H and O–H groups in total. The summed E-state index contributed by atoms with van der Waals surface area (Å²) in [5.74, 6) is -0.463. The molecule has 128 valence electrons. The molecule has 0 spiro atoms. The van der Waals surface area contributed by atoms with Crippen LogP contribution in [-0.4, -0.2) is 35.3 Å². The molecule has 0 aliphatic carbocycles. The number of halogens is 1. The zero-order valence-corrected chi connectivity index (χ0v) is 16.2. The van der Waals surface area contributed by atoms with E-state index in [0.29, 0.717) is 5.13 Å². The van der Waals surface area contributed by atoms with Crippen LogP contribution in [0.5, 0.6) is 0 Å². The van der Waals surface area contributed by atoms with Crippen LogP contribution in [0.1, 0.15) is 10.6 Å². The number of hydrogen-bond acceptors (Lipinski definition) is 5. The summed E-state index contributed by atoms with van der Waals surface area (Å²) < 4.78 is 6.19. The fraction of sp³-hybridized carbons (Fsp3) is 0.118. The zero-order chi connectivity index (χ0) is 17.8. The van der Waals surface area contributed by atoms with E-state index in [-0.39, 0.29) is 24.1 Å². The summed E-state index contributed by atoms with van der Waals surface area (Å²) >= 11 is 3.59. The van der Waals surface area contributed by atoms with Crippen LogP contribution in [0.2, 0.25) is 0 Å². The third kappa shape index (κ3) is 4.45. The van der Waals surface area contributed by atoms with Gasteiger partial charge in [-0.05, 0) is 46.9 Å². The summed E-state index contributed by atoms with van der Waals surface area (Å²) in [5.41, 5.74) is 1.79. The highest BCUT2D eigenvalue weighted by atomic mass is 127. The Balaban J connectivity index is 1.60. The molecule has 0 fully saturated rings. The second-order valence-electron chi connectivity index (χ2n) is 5.23. The first-order chi connectivity index (χ1) is 12.0. The van der Waals surface area contributed by atoms with Crippen LogP contribution >= 0.6 is 33.9 Å². The average Bonchev–Trinajstić information content (AvgIpc) is 3.26. The maximum atomic E-state index is 12.1. The number of likely N-dealkylation sites (N-methyl/N-ethyl adjacent to an activating group) is 1. The molecule has 0 aliphatic rings. The van der Waals surface area contributed by atoms with Gasteiger partial charge in [0.15, 0.2) is 10.9 Å². The van der Waals surface area contributed by atoms with E-state index in [1.165, 1.54) is 22.5 Å². The number of carbonyl (C=O) groups is 2. The molecule has 0 saturated heterocycles. The first-order valence-corrected chi connectivity index (χ1v) is 9.29. The van der Waals surface area contributed by atoms with E-state index >= 15 is 0 Å². The molecule has 8 heteroatoms. The Morgan fingerprint density at radius 2 is 2.04 bits per heavy atom. The number of benzene rings is 1. The van der Waals surface area contributed by atoms with E-state index < -0.39 is 0 Å². The van der Waals surface area contributed by atoms with Crippen molar-refractivity contribution in [2.24, 2.45) is 0 Å². The summed E-state index contributed by atoms with van der Waals surface area (Å²) in [4.78, 5) is 29.9. The lowest BCUT2D eigenvalue weighted by Crippen LogP contribution is -2.34. The van der Waals surface area contributed by atoms with Crippen molar-refractivity contribution in [2.75, 3.05) is 18.9 Å². The summed E-state index contributed by atoms with van der Waals surface area (Å²) in [6.07, 6.45) is 1.42. The molecule has 1 aromatic carbocycles. The highest BCUT2D eigenvalue weighted by Crippen LogP contribution is 2.25. The fourth-order valence-electron chi connectivity index (χ4n) is 2.12. The SMILES string of the molecule is CN(CC(=O)Nc1nc(-c2ccc(I)cc2)cs1)C(=O)c1ccco1. The second kappa shape index (κ2) is 7.79. The van der Waals surface area contributed by atoms with Crippen molar-refractivity contribution in [1.29, 1.82) is 0 Å². The van der Waals surface area contributed by atoms with Crippen molar-refractivity contribution in [3.8, 4) is 11.3 Å². The van der Waals surface area contributed by atoms with Gasteiger partial charge in [-0.3, -0.25) is 9.59 Å². The molecular formula is C17H14IN3O3S. The Kier molecular flexibility index (Phi) is 5.49. The van der Waals surface area contributed by atoms with E-state index in [1.54, 1.807) is 19.2 Å². The van der Waals surface area contributed by atoms with Gasteiger partial charge in [-0.15, -0.1) is 11.3 Å². The first kappa shape index (κ1) is 17.6. The quantitative estimate of drug-likeness (QED) is 0.581. The predicted octanol–water partition coefficient (Wildman–Crippen LogP) is 3.72. The van der Waals surface area contributed by atoms with Crippen molar-refractivity contribution in [2.45, 2.75) is 0 Å². The predicted molar refractivity (Wildman–Crippen MR) is 105 cm³/mol. The molecule has 2 heterocycles. The molecule has 3 aromatic rings. The summed E-state index contributed by atoms with van der Waals surface area (Å²) in [7, 11) is 1.54. The number of nitrogens with one attached hydrogen (secondary N) is 1. The van der Waals surface area contributed by atoms with Gasteiger partial charge in [-0.25, -0.2) is 4.98 Å². The molecule has 2 aromatic heterocycles. The average molecular weight is 467 g/mol. The third-order valence-electron chi connectivity index (χ3n) is 3.35. The van der Waals surface area contributed by atoms with E-state index in [0.717, 1.165) is 14.8 Å². The molecule has 0 unspecified atom stereocenters. The van der Waals surface area contributed by atoms with Crippen LogP contribution in [0.25, 0.3) is 11.3 Å². The Morgan fingerprint density at radius 3 is 2.72 bits per heavy atom. The van der Waals surface area contributed by atoms with Gasteiger partial charge >= 0.3 is 0 Å². The molecule has 0 atom stereocenters. The van der Waals surface area contributed by atoms with E-state index in [1.807, 2.05) is 29.6 Å². The van der Waals surface area contributed by atoms with Gasteiger partial charge in [0.25, 0.3) is 5.91 Å². The van der Waals surface area contributed by atoms with E-state index in [9.17, 15) is 9.59 Å². The van der Waals surface area contributed by atoms with Crippen molar-refractivity contribution in [3.05, 3.63) is 57.4 Å². The minimum absolute atomic E-state index is 0.0853. The number of anilines is 1. The van der Waals surface area contributed by atoms with Crippen molar-refractivity contribution in [1.82, 2.24) is 9.88 Å². The molecule has 0 bridgehead atoms. The van der Waals surface area contributed by atoms with Crippen LogP contribution in [0.4, 0.5) is 5.13 Å². The molecule has 0 saturated carbocycles. The topological polar surface area (TPSA) is 75.4 Å². The van der Waals surface area contributed by atoms with E-state index in [4.69, 9.17) is 4.42 Å². The van der Waals surface area contributed by atoms with Gasteiger partial charge < -0.3 is 14.6 Å². The molecule has 6 nitrogen and oxygen atoms in total. The number of hydrogen-bond donors (Lipinski definition) is 1. The van der Waals surface area contributed by atoms with Crippen LogP contribution in [0.3, 0.4) is 0 Å². The number of aromatic nitrogens is 1. The smallest absolute Gasteiger partial charge is 0.289 e. The highest BCUT2D eigenvalue weighted by molar-refractivity contribution is 14.1. The summed E-state index contributed by atoms with van der Waals surface area (Å²) in [6, 6.07) is 11.2. The lowest BCUT2D eigenvalue weighted by molar-refractivity contribution is -0.116. The number of rotatable bonds is 5. The van der Waals surface area contributed by atoms with Gasteiger partial charge in [-0.2, -0.15) is 0 Å². The minimum Gasteiger partial charge on any atom is -0.459 e. The van der Waals surface area contributed by atoms with Crippen molar-refractivity contribution in [3.63, 3.8) is 0 Å². The van der Waals surface area contributed by atoms with Gasteiger partial charge in [0.1, 0.15) is 6.54 Å². The van der Waals surface area contributed by atoms with Crippen LogP contribution in [-0.2, 0) is 4.79 Å². The Bertz CT molecular complexity index is 875. The molecule has 3 rings (SSSR count). The normalized spacial score (nSPS) is 10.5. The fourth-order valence-corrected chi connectivity index (χ4v) is 3.21. The molecule has 0 radical (unpaired) electrons. The van der Waals surface area contributed by atoms with Gasteiger partial charge in [0.05, 0.1) is 12.0 Å². The Morgan fingerprint density at radius 1 is 1.28 bits per heavy atom. The second-order valence-corrected chi connectivity index (χ2v) is 7.34. The maximum absolute atomic E-state index is 12.1. The third-order valence-corrected chi connectivity index (χ3v) is 4.83. The summed E-state index contributed by atoms with van der Waals surface area (Å²) in [5, 5.41) is 5.10. The van der Waals surface area contributed by atoms with Gasteiger partial charge in [0, 0.05) is 21.6 Å².